The number of aromatic nitrogens is 1. The van der Waals surface area contributed by atoms with Crippen molar-refractivity contribution in [1.29, 1.82) is 0 Å². The lowest BCUT2D eigenvalue weighted by atomic mass is 10.2. The quantitative estimate of drug-likeness (QED) is 0.625. The van der Waals surface area contributed by atoms with Crippen LogP contribution in [0.5, 0.6) is 0 Å². The molecule has 2 rings (SSSR count). The van der Waals surface area contributed by atoms with Crippen molar-refractivity contribution in [3.8, 4) is 0 Å². The Morgan fingerprint density at radius 1 is 1.25 bits per heavy atom. The van der Waals surface area contributed by atoms with Gasteiger partial charge in [-0.05, 0) is 43.5 Å². The van der Waals surface area contributed by atoms with Crippen molar-refractivity contribution in [3.05, 3.63) is 40.7 Å². The van der Waals surface area contributed by atoms with Gasteiger partial charge in [0.15, 0.2) is 5.13 Å². The predicted octanol–water partition coefficient (Wildman–Crippen LogP) is 3.84. The molecule has 0 aliphatic carbocycles. The van der Waals surface area contributed by atoms with Crippen LogP contribution >= 0.6 is 11.3 Å². The van der Waals surface area contributed by atoms with Crippen LogP contribution in [0.2, 0.25) is 0 Å². The Morgan fingerprint density at radius 2 is 1.93 bits per heavy atom. The van der Waals surface area contributed by atoms with Gasteiger partial charge in [0.1, 0.15) is 5.82 Å². The van der Waals surface area contributed by atoms with Crippen molar-refractivity contribution in [3.63, 3.8) is 0 Å². The highest BCUT2D eigenvalue weighted by Gasteiger charge is 2.20. The molecule has 0 saturated carbocycles. The van der Waals surface area contributed by atoms with Gasteiger partial charge in [-0.15, -0.1) is 11.3 Å². The maximum atomic E-state index is 13.0. The molecule has 28 heavy (non-hydrogen) atoms. The highest BCUT2D eigenvalue weighted by molar-refractivity contribution is 7.89. The zero-order valence-corrected chi connectivity index (χ0v) is 18.0. The summed E-state index contributed by atoms with van der Waals surface area (Å²) < 4.78 is 39.0. The van der Waals surface area contributed by atoms with Crippen molar-refractivity contribution in [2.24, 2.45) is 0 Å². The number of aryl methyl sites for hydroxylation is 2. The first-order valence-corrected chi connectivity index (χ1v) is 11.5. The van der Waals surface area contributed by atoms with Gasteiger partial charge in [0, 0.05) is 24.9 Å². The maximum Gasteiger partial charge on any atom is 0.242 e. The first-order valence-electron chi connectivity index (χ1n) is 9.28. The topological polar surface area (TPSA) is 79.4 Å². The largest absolute Gasteiger partial charge is 0.302 e. The SMILES string of the molecule is CCCc1nc(NC(=O)CCCN(C)S(=O)(=O)c2ccc(F)cc2)sc1CC. The van der Waals surface area contributed by atoms with Crippen LogP contribution in [0, 0.1) is 5.82 Å². The van der Waals surface area contributed by atoms with Crippen LogP contribution < -0.4 is 5.32 Å². The Hall–Kier alpha value is -1.84. The second kappa shape index (κ2) is 10.1. The Bertz CT molecular complexity index is 896. The minimum Gasteiger partial charge on any atom is -0.302 e. The predicted molar refractivity (Wildman–Crippen MR) is 110 cm³/mol. The molecule has 0 saturated heterocycles. The molecule has 0 bridgehead atoms. The van der Waals surface area contributed by atoms with Crippen LogP contribution in [0.3, 0.4) is 0 Å². The van der Waals surface area contributed by atoms with E-state index >= 15 is 0 Å². The minimum absolute atomic E-state index is 0.0270. The normalized spacial score (nSPS) is 11.8. The van der Waals surface area contributed by atoms with E-state index in [2.05, 4.69) is 24.1 Å². The molecule has 0 spiro atoms. The van der Waals surface area contributed by atoms with Gasteiger partial charge in [-0.25, -0.2) is 22.1 Å². The Kier molecular flexibility index (Phi) is 8.09. The number of amides is 1. The van der Waals surface area contributed by atoms with Crippen LogP contribution in [-0.4, -0.2) is 37.2 Å². The smallest absolute Gasteiger partial charge is 0.242 e. The van der Waals surface area contributed by atoms with Gasteiger partial charge < -0.3 is 5.32 Å². The molecule has 0 aliphatic rings. The van der Waals surface area contributed by atoms with Crippen molar-refractivity contribution < 1.29 is 17.6 Å². The number of nitrogens with zero attached hydrogens (tertiary/aromatic N) is 2. The summed E-state index contributed by atoms with van der Waals surface area (Å²) in [4.78, 5) is 17.9. The molecule has 0 radical (unpaired) electrons. The zero-order chi connectivity index (χ0) is 20.7. The van der Waals surface area contributed by atoms with E-state index in [1.54, 1.807) is 0 Å². The third kappa shape index (κ3) is 5.83. The van der Waals surface area contributed by atoms with Crippen LogP contribution in [0.15, 0.2) is 29.2 Å². The molecule has 1 N–H and O–H groups in total. The molecule has 1 aromatic carbocycles. The second-order valence-corrected chi connectivity index (χ2v) is 9.55. The molecule has 9 heteroatoms. The van der Waals surface area contributed by atoms with Crippen molar-refractivity contribution in [2.75, 3.05) is 18.9 Å². The van der Waals surface area contributed by atoms with E-state index in [0.717, 1.165) is 37.1 Å². The number of hydrogen-bond acceptors (Lipinski definition) is 5. The highest BCUT2D eigenvalue weighted by Crippen LogP contribution is 2.25. The van der Waals surface area contributed by atoms with E-state index in [4.69, 9.17) is 0 Å². The zero-order valence-electron chi connectivity index (χ0n) is 16.4. The van der Waals surface area contributed by atoms with Gasteiger partial charge in [-0.2, -0.15) is 0 Å². The Morgan fingerprint density at radius 3 is 2.54 bits per heavy atom. The van der Waals surface area contributed by atoms with Crippen LogP contribution in [-0.2, 0) is 27.7 Å². The molecular formula is C19H26FN3O3S2. The molecule has 0 atom stereocenters. The van der Waals surface area contributed by atoms with Gasteiger partial charge in [-0.1, -0.05) is 20.3 Å². The van der Waals surface area contributed by atoms with E-state index in [9.17, 15) is 17.6 Å². The van der Waals surface area contributed by atoms with Crippen molar-refractivity contribution in [1.82, 2.24) is 9.29 Å². The van der Waals surface area contributed by atoms with Crippen molar-refractivity contribution >= 4 is 32.4 Å². The monoisotopic (exact) mass is 427 g/mol. The molecule has 1 aromatic heterocycles. The minimum atomic E-state index is -3.70. The number of halogens is 1. The summed E-state index contributed by atoms with van der Waals surface area (Å²) in [6.45, 7) is 4.34. The lowest BCUT2D eigenvalue weighted by molar-refractivity contribution is -0.116. The molecule has 0 unspecified atom stereocenters. The van der Waals surface area contributed by atoms with E-state index in [-0.39, 0.29) is 23.8 Å². The van der Waals surface area contributed by atoms with Gasteiger partial charge in [0.25, 0.3) is 0 Å². The molecule has 0 fully saturated rings. The number of carbonyl (C=O) groups excluding carboxylic acids is 1. The third-order valence-corrected chi connectivity index (χ3v) is 7.26. The lowest BCUT2D eigenvalue weighted by Crippen LogP contribution is -2.28. The second-order valence-electron chi connectivity index (χ2n) is 6.42. The Labute approximate surface area is 169 Å². The number of nitrogens with one attached hydrogen (secondary N) is 1. The van der Waals surface area contributed by atoms with Crippen LogP contribution in [0.25, 0.3) is 0 Å². The Balaban J connectivity index is 1.87. The summed E-state index contributed by atoms with van der Waals surface area (Å²) in [5, 5.41) is 3.40. The number of hydrogen-bond donors (Lipinski definition) is 1. The summed E-state index contributed by atoms with van der Waals surface area (Å²) >= 11 is 1.49. The molecule has 2 aromatic rings. The lowest BCUT2D eigenvalue weighted by Gasteiger charge is -2.16. The fraction of sp³-hybridized carbons (Fsp3) is 0.474. The molecule has 154 valence electrons. The summed E-state index contributed by atoms with van der Waals surface area (Å²) in [5.41, 5.74) is 1.04. The van der Waals surface area contributed by atoms with Gasteiger partial charge >= 0.3 is 0 Å². The molecular weight excluding hydrogens is 401 g/mol. The number of sulfonamides is 1. The fourth-order valence-corrected chi connectivity index (χ4v) is 4.87. The van der Waals surface area contributed by atoms with Crippen LogP contribution in [0.1, 0.15) is 43.7 Å². The summed E-state index contributed by atoms with van der Waals surface area (Å²) in [6.07, 6.45) is 3.33. The summed E-state index contributed by atoms with van der Waals surface area (Å²) in [5.74, 6) is -0.680. The summed E-state index contributed by atoms with van der Waals surface area (Å²) in [7, 11) is -2.25. The van der Waals surface area contributed by atoms with Crippen LogP contribution in [0.4, 0.5) is 9.52 Å². The van der Waals surface area contributed by atoms with E-state index in [1.807, 2.05) is 0 Å². The number of anilines is 1. The average molecular weight is 428 g/mol. The fourth-order valence-electron chi connectivity index (χ4n) is 2.70. The van der Waals surface area contributed by atoms with Gasteiger partial charge in [-0.3, -0.25) is 4.79 Å². The summed E-state index contributed by atoms with van der Waals surface area (Å²) in [6, 6.07) is 4.68. The van der Waals surface area contributed by atoms with Gasteiger partial charge in [0.05, 0.1) is 10.6 Å². The highest BCUT2D eigenvalue weighted by atomic mass is 32.2. The number of rotatable bonds is 10. The third-order valence-electron chi connectivity index (χ3n) is 4.23. The van der Waals surface area contributed by atoms with E-state index in [0.29, 0.717) is 11.6 Å². The molecule has 1 heterocycles. The molecule has 6 nitrogen and oxygen atoms in total. The first-order chi connectivity index (χ1) is 13.3. The maximum absolute atomic E-state index is 13.0. The number of benzene rings is 1. The van der Waals surface area contributed by atoms with E-state index < -0.39 is 15.8 Å². The van der Waals surface area contributed by atoms with E-state index in [1.165, 1.54) is 39.7 Å². The first kappa shape index (κ1) is 22.4. The van der Waals surface area contributed by atoms with Gasteiger partial charge in [0.2, 0.25) is 15.9 Å². The average Bonchev–Trinajstić information content (AvgIpc) is 3.03. The molecule has 0 aliphatic heterocycles. The number of thiazole rings is 1. The van der Waals surface area contributed by atoms with Crippen molar-refractivity contribution in [2.45, 2.75) is 50.8 Å². The number of carbonyl (C=O) groups is 1. The molecule has 1 amide bonds. The standard InChI is InChI=1S/C19H26FN3O3S2/c1-4-7-16-17(5-2)27-19(21-16)22-18(24)8-6-13-23(3)28(25,26)15-11-9-14(20)10-12-15/h9-12H,4-8,13H2,1-3H3,(H,21,22,24).